The number of carbonyl (C=O) groups excluding carboxylic acids is 1. The Morgan fingerprint density at radius 2 is 2.21 bits per heavy atom. The van der Waals surface area contributed by atoms with Crippen molar-refractivity contribution in [1.82, 2.24) is 5.32 Å². The molecule has 2 aromatic rings. The van der Waals surface area contributed by atoms with Gasteiger partial charge in [0.1, 0.15) is 0 Å². The highest BCUT2D eigenvalue weighted by atomic mass is 32.1. The van der Waals surface area contributed by atoms with Crippen LogP contribution in [0.2, 0.25) is 0 Å². The molecule has 1 amide bonds. The van der Waals surface area contributed by atoms with Gasteiger partial charge in [-0.3, -0.25) is 4.79 Å². The average Bonchev–Trinajstić information content (AvgIpc) is 2.85. The van der Waals surface area contributed by atoms with Crippen molar-refractivity contribution in [3.05, 3.63) is 51.7 Å². The van der Waals surface area contributed by atoms with Crippen molar-refractivity contribution in [1.29, 1.82) is 0 Å². The van der Waals surface area contributed by atoms with Gasteiger partial charge >= 0.3 is 0 Å². The molecule has 100 valence electrons. The Hall–Kier alpha value is -1.81. The van der Waals surface area contributed by atoms with Crippen LogP contribution in [0.25, 0.3) is 0 Å². The molecule has 19 heavy (non-hydrogen) atoms. The van der Waals surface area contributed by atoms with Crippen LogP contribution >= 0.6 is 11.3 Å². The molecule has 3 nitrogen and oxygen atoms in total. The Kier molecular flexibility index (Phi) is 4.22. The fourth-order valence-corrected chi connectivity index (χ4v) is 2.68. The molecule has 0 spiro atoms. The van der Waals surface area contributed by atoms with Crippen molar-refractivity contribution in [2.75, 3.05) is 5.73 Å². The number of hydrogen-bond acceptors (Lipinski definition) is 3. The van der Waals surface area contributed by atoms with Crippen molar-refractivity contribution >= 4 is 22.9 Å². The van der Waals surface area contributed by atoms with Crippen molar-refractivity contribution in [3.63, 3.8) is 0 Å². The summed E-state index contributed by atoms with van der Waals surface area (Å²) in [5.74, 6) is -0.107. The van der Waals surface area contributed by atoms with Crippen LogP contribution in [0.1, 0.15) is 28.4 Å². The summed E-state index contributed by atoms with van der Waals surface area (Å²) in [6, 6.07) is 7.68. The number of carbonyl (C=O) groups is 1. The number of benzene rings is 1. The van der Waals surface area contributed by atoms with Gasteiger partial charge in [0, 0.05) is 11.7 Å². The number of nitrogen functional groups attached to an aromatic ring is 1. The Morgan fingerprint density at radius 1 is 1.42 bits per heavy atom. The third-order valence-electron chi connectivity index (χ3n) is 3.07. The molecule has 3 N–H and O–H groups in total. The van der Waals surface area contributed by atoms with Crippen LogP contribution in [0.15, 0.2) is 35.0 Å². The Balaban J connectivity index is 2.02. The number of thiophene rings is 1. The van der Waals surface area contributed by atoms with Crippen molar-refractivity contribution in [2.24, 2.45) is 0 Å². The van der Waals surface area contributed by atoms with E-state index >= 15 is 0 Å². The zero-order valence-electron chi connectivity index (χ0n) is 11.1. The van der Waals surface area contributed by atoms with Gasteiger partial charge in [-0.25, -0.2) is 0 Å². The van der Waals surface area contributed by atoms with Gasteiger partial charge < -0.3 is 11.1 Å². The molecule has 1 heterocycles. The third-order valence-corrected chi connectivity index (χ3v) is 3.80. The first-order valence-corrected chi connectivity index (χ1v) is 7.19. The molecule has 4 heteroatoms. The Bertz CT molecular complexity index is 564. The molecule has 2 rings (SSSR count). The number of nitrogens with two attached hydrogens (primary N) is 1. The molecular weight excluding hydrogens is 256 g/mol. The van der Waals surface area contributed by atoms with Gasteiger partial charge in [0.25, 0.3) is 5.91 Å². The number of hydrogen-bond donors (Lipinski definition) is 2. The number of amides is 1. The summed E-state index contributed by atoms with van der Waals surface area (Å²) >= 11 is 1.67. The normalized spacial score (nSPS) is 12.1. The SMILES string of the molecule is Cc1cccc(C(=O)NC(C)Cc2ccsc2)c1N. The molecule has 0 bridgehead atoms. The van der Waals surface area contributed by atoms with Crippen LogP contribution < -0.4 is 11.1 Å². The quantitative estimate of drug-likeness (QED) is 0.842. The number of rotatable bonds is 4. The minimum Gasteiger partial charge on any atom is -0.398 e. The molecule has 0 fully saturated rings. The second-order valence-corrected chi connectivity index (χ2v) is 5.53. The number of nitrogens with one attached hydrogen (secondary N) is 1. The highest BCUT2D eigenvalue weighted by Crippen LogP contribution is 2.16. The van der Waals surface area contributed by atoms with Gasteiger partial charge in [-0.15, -0.1) is 0 Å². The molecular formula is C15H18N2OS. The highest BCUT2D eigenvalue weighted by molar-refractivity contribution is 7.07. The first-order chi connectivity index (χ1) is 9.08. The van der Waals surface area contributed by atoms with E-state index < -0.39 is 0 Å². The van der Waals surface area contributed by atoms with Gasteiger partial charge in [-0.2, -0.15) is 11.3 Å². The second kappa shape index (κ2) is 5.89. The van der Waals surface area contributed by atoms with E-state index in [9.17, 15) is 4.79 Å². The van der Waals surface area contributed by atoms with Gasteiger partial charge in [-0.05, 0) is 54.3 Å². The van der Waals surface area contributed by atoms with E-state index in [0.717, 1.165) is 12.0 Å². The lowest BCUT2D eigenvalue weighted by Crippen LogP contribution is -2.34. The fourth-order valence-electron chi connectivity index (χ4n) is 1.99. The third kappa shape index (κ3) is 3.35. The second-order valence-electron chi connectivity index (χ2n) is 4.75. The maximum Gasteiger partial charge on any atom is 0.253 e. The summed E-state index contributed by atoms with van der Waals surface area (Å²) in [6.45, 7) is 3.91. The molecule has 1 unspecified atom stereocenters. The average molecular weight is 274 g/mol. The zero-order valence-corrected chi connectivity index (χ0v) is 12.0. The topological polar surface area (TPSA) is 55.1 Å². The fraction of sp³-hybridized carbons (Fsp3) is 0.267. The van der Waals surface area contributed by atoms with Gasteiger partial charge in [0.15, 0.2) is 0 Å². The van der Waals surface area contributed by atoms with E-state index in [1.54, 1.807) is 17.4 Å². The summed E-state index contributed by atoms with van der Waals surface area (Å²) < 4.78 is 0. The van der Waals surface area contributed by atoms with E-state index in [2.05, 4.69) is 16.8 Å². The van der Waals surface area contributed by atoms with E-state index in [1.807, 2.05) is 31.4 Å². The molecule has 1 aromatic heterocycles. The number of para-hydroxylation sites is 1. The summed E-state index contributed by atoms with van der Waals surface area (Å²) in [4.78, 5) is 12.2. The van der Waals surface area contributed by atoms with Crippen molar-refractivity contribution in [3.8, 4) is 0 Å². The lowest BCUT2D eigenvalue weighted by atomic mass is 10.1. The van der Waals surface area contributed by atoms with E-state index in [4.69, 9.17) is 5.73 Å². The number of anilines is 1. The lowest BCUT2D eigenvalue weighted by molar-refractivity contribution is 0.0941. The molecule has 0 aliphatic carbocycles. The minimum atomic E-state index is -0.107. The van der Waals surface area contributed by atoms with E-state index in [1.165, 1.54) is 5.56 Å². The smallest absolute Gasteiger partial charge is 0.253 e. The summed E-state index contributed by atoms with van der Waals surface area (Å²) in [6.07, 6.45) is 0.834. The standard InChI is InChI=1S/C15H18N2OS/c1-10-4-3-5-13(14(10)16)15(18)17-11(2)8-12-6-7-19-9-12/h3-7,9,11H,8,16H2,1-2H3,(H,17,18). The molecule has 0 aliphatic heterocycles. The van der Waals surface area contributed by atoms with Gasteiger partial charge in [0.2, 0.25) is 0 Å². The summed E-state index contributed by atoms with van der Waals surface area (Å²) in [7, 11) is 0. The summed E-state index contributed by atoms with van der Waals surface area (Å²) in [5.41, 5.74) is 9.22. The number of aryl methyl sites for hydroxylation is 1. The predicted molar refractivity (Wildman–Crippen MR) is 80.5 cm³/mol. The monoisotopic (exact) mass is 274 g/mol. The molecule has 0 saturated heterocycles. The van der Waals surface area contributed by atoms with Crippen LogP contribution in [-0.4, -0.2) is 11.9 Å². The van der Waals surface area contributed by atoms with Crippen LogP contribution in [0.3, 0.4) is 0 Å². The molecule has 0 aliphatic rings. The van der Waals surface area contributed by atoms with Gasteiger partial charge in [0.05, 0.1) is 5.56 Å². The Labute approximate surface area is 117 Å². The first-order valence-electron chi connectivity index (χ1n) is 6.25. The first kappa shape index (κ1) is 13.6. The van der Waals surface area contributed by atoms with Crippen molar-refractivity contribution < 1.29 is 4.79 Å². The largest absolute Gasteiger partial charge is 0.398 e. The molecule has 1 atom stereocenters. The highest BCUT2D eigenvalue weighted by Gasteiger charge is 2.13. The van der Waals surface area contributed by atoms with E-state index in [0.29, 0.717) is 11.3 Å². The molecule has 0 radical (unpaired) electrons. The Morgan fingerprint density at radius 3 is 2.89 bits per heavy atom. The van der Waals surface area contributed by atoms with Gasteiger partial charge in [-0.1, -0.05) is 12.1 Å². The van der Waals surface area contributed by atoms with Crippen LogP contribution in [-0.2, 0) is 6.42 Å². The maximum atomic E-state index is 12.2. The zero-order chi connectivity index (χ0) is 13.8. The van der Waals surface area contributed by atoms with Crippen LogP contribution in [0.5, 0.6) is 0 Å². The van der Waals surface area contributed by atoms with Crippen LogP contribution in [0, 0.1) is 6.92 Å². The van der Waals surface area contributed by atoms with Crippen LogP contribution in [0.4, 0.5) is 5.69 Å². The maximum absolute atomic E-state index is 12.2. The predicted octanol–water partition coefficient (Wildman–Crippen LogP) is 3.00. The molecule has 1 aromatic carbocycles. The lowest BCUT2D eigenvalue weighted by Gasteiger charge is -2.15. The van der Waals surface area contributed by atoms with E-state index in [-0.39, 0.29) is 11.9 Å². The molecule has 0 saturated carbocycles. The summed E-state index contributed by atoms with van der Waals surface area (Å²) in [5, 5.41) is 7.13. The van der Waals surface area contributed by atoms with Crippen molar-refractivity contribution in [2.45, 2.75) is 26.3 Å². The minimum absolute atomic E-state index is 0.0852.